The van der Waals surface area contributed by atoms with E-state index in [2.05, 4.69) is 0 Å². The Morgan fingerprint density at radius 1 is 1.10 bits per heavy atom. The minimum atomic E-state index is -3.99. The van der Waals surface area contributed by atoms with Gasteiger partial charge in [-0.15, -0.1) is 0 Å². The zero-order valence-corrected chi connectivity index (χ0v) is 17.6. The Morgan fingerprint density at radius 3 is 2.41 bits per heavy atom. The van der Waals surface area contributed by atoms with Gasteiger partial charge in [-0.25, -0.2) is 12.8 Å². The maximum Gasteiger partial charge on any atom is 0.324 e. The number of benzene rings is 2. The Balaban J connectivity index is 1.96. The topological polar surface area (TPSA) is 72.9 Å². The molecule has 6 nitrogen and oxygen atoms in total. The summed E-state index contributed by atoms with van der Waals surface area (Å²) in [5.41, 5.74) is 2.41. The van der Waals surface area contributed by atoms with Crippen LogP contribution in [0.3, 0.4) is 0 Å². The van der Waals surface area contributed by atoms with Gasteiger partial charge in [-0.2, -0.15) is 4.31 Å². The van der Waals surface area contributed by atoms with Crippen LogP contribution in [0.5, 0.6) is 5.75 Å². The van der Waals surface area contributed by atoms with Crippen molar-refractivity contribution >= 4 is 16.0 Å². The van der Waals surface area contributed by atoms with E-state index < -0.39 is 34.0 Å². The van der Waals surface area contributed by atoms with Crippen molar-refractivity contribution in [3.8, 4) is 5.75 Å². The summed E-state index contributed by atoms with van der Waals surface area (Å²) in [5.74, 6) is -1.20. The molecule has 2 aromatic carbocycles. The zero-order chi connectivity index (χ0) is 21.3. The second kappa shape index (κ2) is 8.12. The van der Waals surface area contributed by atoms with Gasteiger partial charge in [0.25, 0.3) is 0 Å². The maximum absolute atomic E-state index is 13.9. The number of ether oxygens (including phenoxy) is 2. The summed E-state index contributed by atoms with van der Waals surface area (Å²) in [7, 11) is -2.78. The molecular formula is C21H24FNO5S. The zero-order valence-electron chi connectivity index (χ0n) is 16.8. The Labute approximate surface area is 170 Å². The van der Waals surface area contributed by atoms with E-state index in [1.165, 1.54) is 25.3 Å². The number of nitrogens with zero attached hydrogens (tertiary/aromatic N) is 1. The number of carbonyl (C=O) groups excluding carboxylic acids is 1. The van der Waals surface area contributed by atoms with Crippen LogP contribution in [0, 0.1) is 26.6 Å². The molecule has 0 aliphatic carbocycles. The molecule has 0 amide bonds. The lowest BCUT2D eigenvalue weighted by molar-refractivity contribution is -0.144. The number of aryl methyl sites for hydroxylation is 3. The van der Waals surface area contributed by atoms with E-state index in [0.717, 1.165) is 15.4 Å². The molecule has 1 fully saturated rings. The van der Waals surface area contributed by atoms with E-state index in [0.29, 0.717) is 5.56 Å². The third-order valence-electron chi connectivity index (χ3n) is 5.20. The highest BCUT2D eigenvalue weighted by Gasteiger charge is 2.46. The number of halogens is 1. The number of carbonyl (C=O) groups is 1. The standard InChI is InChI=1S/C21H24FNO5S/c1-13-9-15(3)20(10-14(13)2)29(25,26)23-12-16(11-18(23)21(24)27-4)28-19-8-6-5-7-17(19)22/h5-10,16,18H,11-12H2,1-4H3. The second-order valence-electron chi connectivity index (χ2n) is 7.22. The predicted octanol–water partition coefficient (Wildman–Crippen LogP) is 3.13. The average Bonchev–Trinajstić information content (AvgIpc) is 3.10. The summed E-state index contributed by atoms with van der Waals surface area (Å²) >= 11 is 0. The Morgan fingerprint density at radius 2 is 1.76 bits per heavy atom. The van der Waals surface area contributed by atoms with Crippen molar-refractivity contribution < 1.29 is 27.1 Å². The Kier molecular flexibility index (Phi) is 5.95. The smallest absolute Gasteiger partial charge is 0.324 e. The number of sulfonamides is 1. The van der Waals surface area contributed by atoms with Crippen LogP contribution in [0.15, 0.2) is 41.3 Å². The molecule has 3 rings (SSSR count). The summed E-state index contributed by atoms with van der Waals surface area (Å²) in [5, 5.41) is 0. The molecule has 2 unspecified atom stereocenters. The van der Waals surface area contributed by atoms with E-state index in [4.69, 9.17) is 9.47 Å². The number of hydrogen-bond donors (Lipinski definition) is 0. The van der Waals surface area contributed by atoms with Gasteiger partial charge in [-0.1, -0.05) is 18.2 Å². The van der Waals surface area contributed by atoms with Gasteiger partial charge in [-0.05, 0) is 55.7 Å². The molecule has 2 atom stereocenters. The third kappa shape index (κ3) is 4.13. The molecule has 0 N–H and O–H groups in total. The first-order chi connectivity index (χ1) is 13.6. The van der Waals surface area contributed by atoms with Crippen LogP contribution in [-0.4, -0.2) is 44.5 Å². The van der Waals surface area contributed by atoms with Gasteiger partial charge in [0.05, 0.1) is 18.6 Å². The predicted molar refractivity (Wildman–Crippen MR) is 106 cm³/mol. The molecule has 0 saturated carbocycles. The van der Waals surface area contributed by atoms with Crippen molar-refractivity contribution in [2.75, 3.05) is 13.7 Å². The van der Waals surface area contributed by atoms with Gasteiger partial charge in [0, 0.05) is 6.42 Å². The first-order valence-electron chi connectivity index (χ1n) is 9.24. The normalized spacial score (nSPS) is 19.9. The van der Waals surface area contributed by atoms with Gasteiger partial charge in [0.1, 0.15) is 12.1 Å². The third-order valence-corrected chi connectivity index (χ3v) is 7.22. The van der Waals surface area contributed by atoms with Gasteiger partial charge in [-0.3, -0.25) is 4.79 Å². The van der Waals surface area contributed by atoms with Crippen LogP contribution < -0.4 is 4.74 Å². The summed E-state index contributed by atoms with van der Waals surface area (Å²) in [6, 6.07) is 8.26. The Hall–Kier alpha value is -2.45. The minimum absolute atomic E-state index is 0.0164. The molecule has 1 saturated heterocycles. The van der Waals surface area contributed by atoms with Crippen molar-refractivity contribution in [1.82, 2.24) is 4.31 Å². The number of hydrogen-bond acceptors (Lipinski definition) is 5. The molecular weight excluding hydrogens is 397 g/mol. The molecule has 0 spiro atoms. The van der Waals surface area contributed by atoms with E-state index in [-0.39, 0.29) is 23.6 Å². The molecule has 156 valence electrons. The SMILES string of the molecule is COC(=O)C1CC(Oc2ccccc2F)CN1S(=O)(=O)c1cc(C)c(C)cc1C. The van der Waals surface area contributed by atoms with Gasteiger partial charge in [0.2, 0.25) is 10.0 Å². The quantitative estimate of drug-likeness (QED) is 0.694. The van der Waals surface area contributed by atoms with Crippen LogP contribution in [0.2, 0.25) is 0 Å². The molecule has 0 bridgehead atoms. The van der Waals surface area contributed by atoms with Crippen molar-refractivity contribution in [2.45, 2.75) is 44.2 Å². The molecule has 0 radical (unpaired) electrons. The van der Waals surface area contributed by atoms with Crippen LogP contribution in [0.25, 0.3) is 0 Å². The van der Waals surface area contributed by atoms with Crippen LogP contribution in [-0.2, 0) is 19.6 Å². The van der Waals surface area contributed by atoms with E-state index in [1.807, 2.05) is 13.8 Å². The lowest BCUT2D eigenvalue weighted by Crippen LogP contribution is -2.41. The van der Waals surface area contributed by atoms with Gasteiger partial charge in [0.15, 0.2) is 11.6 Å². The molecule has 29 heavy (non-hydrogen) atoms. The highest BCUT2D eigenvalue weighted by molar-refractivity contribution is 7.89. The summed E-state index contributed by atoms with van der Waals surface area (Å²) < 4.78 is 52.3. The Bertz CT molecular complexity index is 1040. The second-order valence-corrected chi connectivity index (χ2v) is 9.08. The maximum atomic E-state index is 13.9. The summed E-state index contributed by atoms with van der Waals surface area (Å²) in [6.07, 6.45) is -0.609. The van der Waals surface area contributed by atoms with Crippen molar-refractivity contribution in [1.29, 1.82) is 0 Å². The van der Waals surface area contributed by atoms with Gasteiger partial charge < -0.3 is 9.47 Å². The molecule has 1 aliphatic rings. The first kappa shape index (κ1) is 21.3. The molecule has 8 heteroatoms. The van der Waals surface area contributed by atoms with Crippen molar-refractivity contribution in [2.24, 2.45) is 0 Å². The largest absolute Gasteiger partial charge is 0.486 e. The lowest BCUT2D eigenvalue weighted by Gasteiger charge is -2.23. The van der Waals surface area contributed by atoms with Crippen LogP contribution >= 0.6 is 0 Å². The summed E-state index contributed by atoms with van der Waals surface area (Å²) in [4.78, 5) is 12.5. The van der Waals surface area contributed by atoms with Crippen molar-refractivity contribution in [3.05, 3.63) is 58.9 Å². The van der Waals surface area contributed by atoms with Gasteiger partial charge >= 0.3 is 5.97 Å². The lowest BCUT2D eigenvalue weighted by atomic mass is 10.1. The first-order valence-corrected chi connectivity index (χ1v) is 10.7. The average molecular weight is 421 g/mol. The molecule has 1 heterocycles. The van der Waals surface area contributed by atoms with Crippen LogP contribution in [0.4, 0.5) is 4.39 Å². The fourth-order valence-corrected chi connectivity index (χ4v) is 5.44. The molecule has 2 aromatic rings. The number of para-hydroxylation sites is 1. The van der Waals surface area contributed by atoms with E-state index >= 15 is 0 Å². The van der Waals surface area contributed by atoms with E-state index in [1.54, 1.807) is 25.1 Å². The number of esters is 1. The van der Waals surface area contributed by atoms with Crippen molar-refractivity contribution in [3.63, 3.8) is 0 Å². The fraction of sp³-hybridized carbons (Fsp3) is 0.381. The van der Waals surface area contributed by atoms with Crippen LogP contribution in [0.1, 0.15) is 23.1 Å². The highest BCUT2D eigenvalue weighted by Crippen LogP contribution is 2.32. The molecule has 0 aromatic heterocycles. The summed E-state index contributed by atoms with van der Waals surface area (Å²) in [6.45, 7) is 5.38. The van der Waals surface area contributed by atoms with E-state index in [9.17, 15) is 17.6 Å². The fourth-order valence-electron chi connectivity index (χ4n) is 3.53. The molecule has 1 aliphatic heterocycles. The number of methoxy groups -OCH3 is 1. The monoisotopic (exact) mass is 421 g/mol. The number of rotatable bonds is 5. The highest BCUT2D eigenvalue weighted by atomic mass is 32.2. The minimum Gasteiger partial charge on any atom is -0.486 e.